The van der Waals surface area contributed by atoms with Crippen LogP contribution >= 0.6 is 15.9 Å². The monoisotopic (exact) mass is 381 g/mol. The summed E-state index contributed by atoms with van der Waals surface area (Å²) in [7, 11) is 0. The predicted molar refractivity (Wildman–Crippen MR) is 99.7 cm³/mol. The summed E-state index contributed by atoms with van der Waals surface area (Å²) in [6.07, 6.45) is 4.79. The maximum absolute atomic E-state index is 12.7. The van der Waals surface area contributed by atoms with Crippen LogP contribution in [0.3, 0.4) is 0 Å². The molecule has 24 heavy (non-hydrogen) atoms. The first-order valence-electron chi connectivity index (χ1n) is 8.35. The predicted octanol–water partition coefficient (Wildman–Crippen LogP) is 4.68. The smallest absolute Gasteiger partial charge is 0.283 e. The second kappa shape index (κ2) is 5.18. The van der Waals surface area contributed by atoms with Crippen molar-refractivity contribution in [2.45, 2.75) is 31.7 Å². The van der Waals surface area contributed by atoms with E-state index in [1.807, 2.05) is 24.3 Å². The zero-order valence-electron chi connectivity index (χ0n) is 13.1. The average Bonchev–Trinajstić information content (AvgIpc) is 3.20. The van der Waals surface area contributed by atoms with Crippen LogP contribution in [0.15, 0.2) is 51.7 Å². The zero-order chi connectivity index (χ0) is 16.3. The van der Waals surface area contributed by atoms with Gasteiger partial charge in [0.15, 0.2) is 0 Å². The number of benzene rings is 2. The van der Waals surface area contributed by atoms with Crippen LogP contribution in [0, 0.1) is 0 Å². The molecule has 2 aromatic heterocycles. The van der Waals surface area contributed by atoms with Gasteiger partial charge in [0.2, 0.25) is 5.78 Å². The molecule has 0 aliphatic heterocycles. The maximum atomic E-state index is 12.7. The van der Waals surface area contributed by atoms with E-state index in [2.05, 4.69) is 48.1 Å². The number of rotatable bonds is 1. The molecule has 0 N–H and O–H groups in total. The third-order valence-corrected chi connectivity index (χ3v) is 5.80. The summed E-state index contributed by atoms with van der Waals surface area (Å²) in [5.74, 6) is 0.763. The van der Waals surface area contributed by atoms with Gasteiger partial charge in [-0.3, -0.25) is 9.20 Å². The number of imidazole rings is 1. The Labute approximate surface area is 146 Å². The highest BCUT2D eigenvalue weighted by Crippen LogP contribution is 2.35. The molecule has 1 fully saturated rings. The number of hydrogen-bond donors (Lipinski definition) is 0. The fraction of sp³-hybridized carbons (Fsp3) is 0.263. The van der Waals surface area contributed by atoms with Crippen LogP contribution < -0.4 is 5.56 Å². The Hall–Kier alpha value is -2.14. The number of fused-ring (bicyclic) bond motifs is 5. The summed E-state index contributed by atoms with van der Waals surface area (Å²) in [6, 6.07) is 14.6. The van der Waals surface area contributed by atoms with Gasteiger partial charge in [-0.1, -0.05) is 31.0 Å². The number of para-hydroxylation sites is 2. The fourth-order valence-electron chi connectivity index (χ4n) is 4.10. The van der Waals surface area contributed by atoms with Crippen LogP contribution in [0.4, 0.5) is 0 Å². The first-order valence-corrected chi connectivity index (χ1v) is 9.15. The van der Waals surface area contributed by atoms with E-state index >= 15 is 0 Å². The topological polar surface area (TPSA) is 39.3 Å². The molecule has 0 amide bonds. The molecule has 5 rings (SSSR count). The summed E-state index contributed by atoms with van der Waals surface area (Å²) in [6.45, 7) is 0. The van der Waals surface area contributed by atoms with Crippen molar-refractivity contribution in [1.29, 1.82) is 0 Å². The summed E-state index contributed by atoms with van der Waals surface area (Å²) < 4.78 is 5.21. The molecule has 1 aliphatic carbocycles. The van der Waals surface area contributed by atoms with Gasteiger partial charge in [-0.25, -0.2) is 0 Å². The highest BCUT2D eigenvalue weighted by atomic mass is 79.9. The molecule has 4 aromatic rings. The molecular formula is C19H16BrN3O. The van der Waals surface area contributed by atoms with E-state index in [4.69, 9.17) is 0 Å². The third-order valence-electron chi connectivity index (χ3n) is 5.14. The number of hydrogen-bond acceptors (Lipinski definition) is 2. The van der Waals surface area contributed by atoms with Gasteiger partial charge in [0.25, 0.3) is 5.56 Å². The Morgan fingerprint density at radius 3 is 2.46 bits per heavy atom. The molecule has 5 heteroatoms. The lowest BCUT2D eigenvalue weighted by Gasteiger charge is -2.13. The maximum Gasteiger partial charge on any atom is 0.283 e. The van der Waals surface area contributed by atoms with Crippen LogP contribution in [0.1, 0.15) is 31.7 Å². The second-order valence-electron chi connectivity index (χ2n) is 6.48. The van der Waals surface area contributed by atoms with E-state index in [0.717, 1.165) is 39.6 Å². The van der Waals surface area contributed by atoms with Crippen molar-refractivity contribution in [3.8, 4) is 0 Å². The molecule has 0 radical (unpaired) electrons. The largest absolute Gasteiger partial charge is 0.306 e. The minimum absolute atomic E-state index is 0.167. The van der Waals surface area contributed by atoms with Gasteiger partial charge in [0, 0.05) is 10.5 Å². The first-order chi connectivity index (χ1) is 11.8. The van der Waals surface area contributed by atoms with E-state index in [-0.39, 0.29) is 5.56 Å². The molecule has 0 atom stereocenters. The average molecular weight is 382 g/mol. The van der Waals surface area contributed by atoms with Gasteiger partial charge in [-0.05, 0) is 53.0 Å². The van der Waals surface area contributed by atoms with Gasteiger partial charge >= 0.3 is 0 Å². The van der Waals surface area contributed by atoms with Crippen molar-refractivity contribution in [1.82, 2.24) is 14.0 Å². The third kappa shape index (κ3) is 1.85. The number of nitrogens with zero attached hydrogens (tertiary/aromatic N) is 3. The standard InChI is InChI=1S/C19H16BrN3O/c20-13-8-5-11-16-17(13)18(24)21-19-22(12-6-1-2-7-12)14-9-3-4-10-15(14)23(16)19/h3-5,8-12H,1-2,6-7H2. The Morgan fingerprint density at radius 2 is 1.67 bits per heavy atom. The lowest BCUT2D eigenvalue weighted by atomic mass is 10.2. The van der Waals surface area contributed by atoms with Crippen LogP contribution in [0.2, 0.25) is 0 Å². The van der Waals surface area contributed by atoms with E-state index in [1.54, 1.807) is 0 Å². The molecule has 4 nitrogen and oxygen atoms in total. The number of halogens is 1. The highest BCUT2D eigenvalue weighted by molar-refractivity contribution is 9.10. The molecule has 2 aromatic carbocycles. The van der Waals surface area contributed by atoms with Crippen molar-refractivity contribution < 1.29 is 0 Å². The van der Waals surface area contributed by atoms with E-state index < -0.39 is 0 Å². The fourth-order valence-corrected chi connectivity index (χ4v) is 4.63. The van der Waals surface area contributed by atoms with Crippen LogP contribution in [0.25, 0.3) is 27.7 Å². The first kappa shape index (κ1) is 14.2. The molecule has 120 valence electrons. The summed E-state index contributed by atoms with van der Waals surface area (Å²) in [4.78, 5) is 17.2. The molecule has 1 saturated carbocycles. The SMILES string of the molecule is O=c1nc2n(C3CCCC3)c3ccccc3n2c2cccc(Br)c12. The minimum Gasteiger partial charge on any atom is -0.306 e. The van der Waals surface area contributed by atoms with Crippen molar-refractivity contribution >= 4 is 43.6 Å². The molecule has 2 heterocycles. The molecule has 0 bridgehead atoms. The van der Waals surface area contributed by atoms with Crippen LogP contribution in [-0.2, 0) is 0 Å². The lowest BCUT2D eigenvalue weighted by Crippen LogP contribution is -2.14. The Bertz CT molecular complexity index is 1150. The Morgan fingerprint density at radius 1 is 0.958 bits per heavy atom. The normalized spacial score (nSPS) is 15.9. The van der Waals surface area contributed by atoms with Gasteiger partial charge < -0.3 is 4.57 Å². The van der Waals surface area contributed by atoms with Crippen molar-refractivity contribution in [2.75, 3.05) is 0 Å². The molecule has 0 saturated heterocycles. The Kier molecular flexibility index (Phi) is 3.07. The van der Waals surface area contributed by atoms with Crippen LogP contribution in [-0.4, -0.2) is 14.0 Å². The Balaban J connectivity index is 2.06. The number of aromatic nitrogens is 3. The minimum atomic E-state index is -0.167. The summed E-state index contributed by atoms with van der Waals surface area (Å²) in [5, 5.41) is 0.643. The quantitative estimate of drug-likeness (QED) is 0.480. The molecular weight excluding hydrogens is 366 g/mol. The zero-order valence-corrected chi connectivity index (χ0v) is 14.7. The van der Waals surface area contributed by atoms with E-state index in [1.165, 1.54) is 12.8 Å². The van der Waals surface area contributed by atoms with Gasteiger partial charge in [-0.15, -0.1) is 0 Å². The molecule has 0 spiro atoms. The molecule has 0 unspecified atom stereocenters. The van der Waals surface area contributed by atoms with Crippen molar-refractivity contribution in [3.63, 3.8) is 0 Å². The van der Waals surface area contributed by atoms with E-state index in [0.29, 0.717) is 11.4 Å². The van der Waals surface area contributed by atoms with E-state index in [9.17, 15) is 4.79 Å². The van der Waals surface area contributed by atoms with Crippen molar-refractivity contribution in [2.24, 2.45) is 0 Å². The van der Waals surface area contributed by atoms with Gasteiger partial charge in [-0.2, -0.15) is 4.98 Å². The van der Waals surface area contributed by atoms with Crippen molar-refractivity contribution in [3.05, 3.63) is 57.3 Å². The van der Waals surface area contributed by atoms with Gasteiger partial charge in [0.05, 0.1) is 21.9 Å². The second-order valence-corrected chi connectivity index (χ2v) is 7.34. The van der Waals surface area contributed by atoms with Crippen LogP contribution in [0.5, 0.6) is 0 Å². The summed E-state index contributed by atoms with van der Waals surface area (Å²) in [5.41, 5.74) is 3.01. The highest BCUT2D eigenvalue weighted by Gasteiger charge is 2.24. The lowest BCUT2D eigenvalue weighted by molar-refractivity contribution is 0.543. The molecule has 1 aliphatic rings. The summed E-state index contributed by atoms with van der Waals surface area (Å²) >= 11 is 3.51. The van der Waals surface area contributed by atoms with Gasteiger partial charge in [0.1, 0.15) is 0 Å².